The number of nitrogens with zero attached hydrogens (tertiary/aromatic N) is 2. The lowest BCUT2D eigenvalue weighted by Gasteiger charge is -2.06. The molecule has 2 N–H and O–H groups in total. The number of pyridine rings is 1. The lowest BCUT2D eigenvalue weighted by atomic mass is 10.1. The van der Waals surface area contributed by atoms with Crippen LogP contribution in [0.3, 0.4) is 0 Å². The zero-order valence-corrected chi connectivity index (χ0v) is 10.3. The van der Waals surface area contributed by atoms with Crippen molar-refractivity contribution in [2.24, 2.45) is 0 Å². The Kier molecular flexibility index (Phi) is 2.72. The first-order valence-electron chi connectivity index (χ1n) is 5.91. The minimum absolute atomic E-state index is 0.225. The molecule has 5 heteroatoms. The Balaban J connectivity index is 2.31. The highest BCUT2D eigenvalue weighted by Crippen LogP contribution is 2.24. The van der Waals surface area contributed by atoms with Gasteiger partial charge in [0.1, 0.15) is 11.2 Å². The minimum Gasteiger partial charge on any atom is -0.388 e. The van der Waals surface area contributed by atoms with E-state index in [0.717, 1.165) is 11.3 Å². The summed E-state index contributed by atoms with van der Waals surface area (Å²) in [6, 6.07) is 11.3. The first kappa shape index (κ1) is 11.4. The third-order valence-corrected chi connectivity index (χ3v) is 2.97. The molecule has 0 radical (unpaired) electrons. The van der Waals surface area contributed by atoms with Crippen LogP contribution in [0.15, 0.2) is 47.4 Å². The minimum atomic E-state index is -0.225. The highest BCUT2D eigenvalue weighted by Gasteiger charge is 2.09. The summed E-state index contributed by atoms with van der Waals surface area (Å²) in [5, 5.41) is 10.3. The van der Waals surface area contributed by atoms with Gasteiger partial charge in [-0.15, -0.1) is 0 Å². The molecule has 0 aliphatic rings. The summed E-state index contributed by atoms with van der Waals surface area (Å²) in [5.74, 6) is 0. The Labute approximate surface area is 109 Å². The molecule has 94 valence electrons. The summed E-state index contributed by atoms with van der Waals surface area (Å²) in [6.07, 6.45) is 1.66. The van der Waals surface area contributed by atoms with Gasteiger partial charge in [-0.1, -0.05) is 12.1 Å². The van der Waals surface area contributed by atoms with Crippen LogP contribution < -0.4 is 10.9 Å². The average molecular weight is 252 g/mol. The molecular weight excluding hydrogens is 240 g/mol. The van der Waals surface area contributed by atoms with Gasteiger partial charge in [-0.05, 0) is 24.3 Å². The van der Waals surface area contributed by atoms with Crippen molar-refractivity contribution in [1.82, 2.24) is 15.2 Å². The van der Waals surface area contributed by atoms with Crippen LogP contribution in [0.1, 0.15) is 0 Å². The lowest BCUT2D eigenvalue weighted by molar-refractivity contribution is 1.01. The Morgan fingerprint density at radius 2 is 2.11 bits per heavy atom. The van der Waals surface area contributed by atoms with E-state index in [0.29, 0.717) is 16.6 Å². The molecule has 0 atom stereocenters. The first-order chi connectivity index (χ1) is 9.29. The normalized spacial score (nSPS) is 10.6. The molecule has 5 nitrogen and oxygen atoms in total. The number of aromatic amines is 1. The summed E-state index contributed by atoms with van der Waals surface area (Å²) in [5.41, 5.74) is 2.95. The fraction of sp³-hybridized carbons (Fsp3) is 0.0714. The molecular formula is C14H12N4O. The Morgan fingerprint density at radius 3 is 2.95 bits per heavy atom. The van der Waals surface area contributed by atoms with E-state index in [1.54, 1.807) is 18.3 Å². The quantitative estimate of drug-likeness (QED) is 0.732. The number of anilines is 1. The Hall–Kier alpha value is -2.69. The van der Waals surface area contributed by atoms with Crippen LogP contribution in [-0.2, 0) is 0 Å². The summed E-state index contributed by atoms with van der Waals surface area (Å²) >= 11 is 0. The van der Waals surface area contributed by atoms with Gasteiger partial charge in [-0.3, -0.25) is 9.78 Å². The maximum atomic E-state index is 11.7. The molecule has 0 aliphatic carbocycles. The highest BCUT2D eigenvalue weighted by atomic mass is 16.1. The summed E-state index contributed by atoms with van der Waals surface area (Å²) in [7, 11) is 1.86. The van der Waals surface area contributed by atoms with Gasteiger partial charge in [0.25, 0.3) is 5.56 Å². The fourth-order valence-corrected chi connectivity index (χ4v) is 2.02. The topological polar surface area (TPSA) is 70.7 Å². The van der Waals surface area contributed by atoms with E-state index in [1.165, 1.54) is 0 Å². The molecule has 0 bridgehead atoms. The largest absolute Gasteiger partial charge is 0.388 e. The lowest BCUT2D eigenvalue weighted by Crippen LogP contribution is -2.10. The van der Waals surface area contributed by atoms with Gasteiger partial charge in [0.2, 0.25) is 0 Å². The second kappa shape index (κ2) is 4.53. The predicted octanol–water partition coefficient (Wildman–Crippen LogP) is 2.03. The molecule has 0 aliphatic heterocycles. The molecule has 0 spiro atoms. The van der Waals surface area contributed by atoms with Crippen molar-refractivity contribution >= 4 is 16.6 Å². The molecule has 2 aromatic heterocycles. The first-order valence-corrected chi connectivity index (χ1v) is 5.91. The third-order valence-electron chi connectivity index (χ3n) is 2.97. The predicted molar refractivity (Wildman–Crippen MR) is 75.1 cm³/mol. The number of hydrogen-bond acceptors (Lipinski definition) is 4. The van der Waals surface area contributed by atoms with E-state index in [9.17, 15) is 4.79 Å². The summed E-state index contributed by atoms with van der Waals surface area (Å²) in [4.78, 5) is 16.0. The van der Waals surface area contributed by atoms with E-state index < -0.39 is 0 Å². The van der Waals surface area contributed by atoms with Crippen molar-refractivity contribution in [3.05, 3.63) is 52.9 Å². The maximum absolute atomic E-state index is 11.7. The number of rotatable bonds is 2. The van der Waals surface area contributed by atoms with Gasteiger partial charge >= 0.3 is 0 Å². The van der Waals surface area contributed by atoms with E-state index in [2.05, 4.69) is 20.5 Å². The van der Waals surface area contributed by atoms with Crippen molar-refractivity contribution < 1.29 is 0 Å². The van der Waals surface area contributed by atoms with Gasteiger partial charge in [0.05, 0.1) is 5.39 Å². The molecule has 0 unspecified atom stereocenters. The van der Waals surface area contributed by atoms with Crippen LogP contribution in [0.25, 0.3) is 22.2 Å². The van der Waals surface area contributed by atoms with Gasteiger partial charge in [0.15, 0.2) is 0 Å². The van der Waals surface area contributed by atoms with Crippen LogP contribution in [0.5, 0.6) is 0 Å². The van der Waals surface area contributed by atoms with Crippen LogP contribution in [0.2, 0.25) is 0 Å². The molecule has 3 aromatic rings. The molecule has 0 saturated carbocycles. The average Bonchev–Trinajstić information content (AvgIpc) is 2.48. The molecule has 1 aromatic carbocycles. The zero-order chi connectivity index (χ0) is 13.2. The van der Waals surface area contributed by atoms with Crippen molar-refractivity contribution in [2.45, 2.75) is 0 Å². The molecule has 0 fully saturated rings. The number of aromatic nitrogens is 3. The smallest absolute Gasteiger partial charge is 0.273 e. The van der Waals surface area contributed by atoms with Gasteiger partial charge < -0.3 is 5.32 Å². The number of fused-ring (bicyclic) bond motifs is 1. The van der Waals surface area contributed by atoms with E-state index in [4.69, 9.17) is 0 Å². The van der Waals surface area contributed by atoms with Crippen LogP contribution in [0, 0.1) is 0 Å². The van der Waals surface area contributed by atoms with Gasteiger partial charge in [-0.2, -0.15) is 5.10 Å². The molecule has 2 heterocycles. The van der Waals surface area contributed by atoms with Crippen molar-refractivity contribution in [3.63, 3.8) is 0 Å². The second-order valence-electron chi connectivity index (χ2n) is 4.13. The second-order valence-corrected chi connectivity index (χ2v) is 4.13. The van der Waals surface area contributed by atoms with Crippen LogP contribution in [0.4, 0.5) is 5.69 Å². The highest BCUT2D eigenvalue weighted by molar-refractivity contribution is 5.90. The fourth-order valence-electron chi connectivity index (χ4n) is 2.02. The van der Waals surface area contributed by atoms with Crippen molar-refractivity contribution in [2.75, 3.05) is 12.4 Å². The number of hydrogen-bond donors (Lipinski definition) is 2. The van der Waals surface area contributed by atoms with E-state index in [1.807, 2.05) is 31.3 Å². The van der Waals surface area contributed by atoms with Crippen LogP contribution >= 0.6 is 0 Å². The molecule has 0 amide bonds. The standard InChI is InChI=1S/C14H12N4O/c1-15-10-5-2-4-9(8-10)12-13-11(6-3-7-16-13)14(19)18-17-12/h2-8,15H,1H3,(H,18,19). The van der Waals surface area contributed by atoms with Gasteiger partial charge in [0, 0.05) is 24.5 Å². The van der Waals surface area contributed by atoms with Crippen molar-refractivity contribution in [1.29, 1.82) is 0 Å². The third kappa shape index (κ3) is 1.95. The zero-order valence-electron chi connectivity index (χ0n) is 10.3. The number of H-pyrrole nitrogens is 1. The molecule has 0 saturated heterocycles. The van der Waals surface area contributed by atoms with E-state index in [-0.39, 0.29) is 5.56 Å². The summed E-state index contributed by atoms with van der Waals surface area (Å²) in [6.45, 7) is 0. The Bertz CT molecular complexity index is 795. The Morgan fingerprint density at radius 1 is 1.21 bits per heavy atom. The van der Waals surface area contributed by atoms with E-state index >= 15 is 0 Å². The summed E-state index contributed by atoms with van der Waals surface area (Å²) < 4.78 is 0. The van der Waals surface area contributed by atoms with Gasteiger partial charge in [-0.25, -0.2) is 5.10 Å². The van der Waals surface area contributed by atoms with Crippen molar-refractivity contribution in [3.8, 4) is 11.3 Å². The van der Waals surface area contributed by atoms with Crippen LogP contribution in [-0.4, -0.2) is 22.2 Å². The molecule has 3 rings (SSSR count). The number of nitrogens with one attached hydrogen (secondary N) is 2. The maximum Gasteiger partial charge on any atom is 0.273 e. The SMILES string of the molecule is CNc1cccc(-c2n[nH]c(=O)c3cccnc23)c1. The molecule has 19 heavy (non-hydrogen) atoms. The monoisotopic (exact) mass is 252 g/mol. The number of benzene rings is 1.